The fourth-order valence-electron chi connectivity index (χ4n) is 2.04. The summed E-state index contributed by atoms with van der Waals surface area (Å²) in [4.78, 5) is 28.2. The summed E-state index contributed by atoms with van der Waals surface area (Å²) in [6.07, 6.45) is 1.34. The number of aryl methyl sites for hydroxylation is 1. The number of aromatic nitrogens is 3. The molecule has 0 bridgehead atoms. The number of carbonyl (C=O) groups is 2. The van der Waals surface area contributed by atoms with Gasteiger partial charge in [0.1, 0.15) is 6.33 Å². The second kappa shape index (κ2) is 4.63. The Bertz CT molecular complexity index is 472. The average Bonchev–Trinajstić information content (AvgIpc) is 2.86. The molecule has 1 aliphatic rings. The Kier molecular flexibility index (Phi) is 3.17. The first-order valence-corrected chi connectivity index (χ1v) is 5.61. The number of amides is 2. The molecule has 0 spiro atoms. The largest absolute Gasteiger partial charge is 0.481 e. The van der Waals surface area contributed by atoms with Crippen molar-refractivity contribution in [1.82, 2.24) is 19.7 Å². The smallest absolute Gasteiger partial charge is 0.324 e. The molecule has 1 aromatic rings. The van der Waals surface area contributed by atoms with Gasteiger partial charge in [-0.15, -0.1) is 0 Å². The number of carbonyl (C=O) groups excluding carboxylic acids is 1. The van der Waals surface area contributed by atoms with Crippen LogP contribution in [-0.2, 0) is 11.8 Å². The molecule has 2 amide bonds. The summed E-state index contributed by atoms with van der Waals surface area (Å²) in [7, 11) is 1.66. The van der Waals surface area contributed by atoms with Crippen molar-refractivity contribution >= 4 is 17.9 Å². The lowest BCUT2D eigenvalue weighted by molar-refractivity contribution is -0.142. The Morgan fingerprint density at radius 3 is 2.72 bits per heavy atom. The molecule has 2 heterocycles. The van der Waals surface area contributed by atoms with Gasteiger partial charge in [0.05, 0.1) is 5.92 Å². The second-order valence-electron chi connectivity index (χ2n) is 4.46. The standard InChI is InChI=1S/C10H15N5O3/c1-6-3-15(4-7(6)8(16)17)10(18)13-9-11-5-12-14(9)2/h5-7H,3-4H2,1-2H3,(H,16,17)(H,11,12,13,18)/t6-,7-/m1/s1. The van der Waals surface area contributed by atoms with Crippen LogP contribution in [0.3, 0.4) is 0 Å². The van der Waals surface area contributed by atoms with Crippen molar-refractivity contribution in [2.24, 2.45) is 18.9 Å². The summed E-state index contributed by atoms with van der Waals surface area (Å²) in [5.41, 5.74) is 0. The maximum atomic E-state index is 11.9. The molecule has 2 rings (SSSR count). The number of aliphatic carboxylic acids is 1. The van der Waals surface area contributed by atoms with Crippen LogP contribution in [-0.4, -0.2) is 49.9 Å². The highest BCUT2D eigenvalue weighted by molar-refractivity contribution is 5.88. The van der Waals surface area contributed by atoms with E-state index in [9.17, 15) is 9.59 Å². The zero-order chi connectivity index (χ0) is 13.3. The monoisotopic (exact) mass is 253 g/mol. The van der Waals surface area contributed by atoms with Gasteiger partial charge in [0, 0.05) is 20.1 Å². The van der Waals surface area contributed by atoms with E-state index < -0.39 is 11.9 Å². The minimum atomic E-state index is -0.864. The molecule has 2 atom stereocenters. The van der Waals surface area contributed by atoms with Gasteiger partial charge in [-0.2, -0.15) is 10.1 Å². The van der Waals surface area contributed by atoms with Gasteiger partial charge in [0.15, 0.2) is 0 Å². The summed E-state index contributed by atoms with van der Waals surface area (Å²) in [6.45, 7) is 2.48. The van der Waals surface area contributed by atoms with Crippen LogP contribution in [0.4, 0.5) is 10.7 Å². The maximum Gasteiger partial charge on any atom is 0.324 e. The molecule has 2 N–H and O–H groups in total. The molecule has 98 valence electrons. The van der Waals surface area contributed by atoms with Crippen LogP contribution in [0, 0.1) is 11.8 Å². The van der Waals surface area contributed by atoms with E-state index in [1.807, 2.05) is 6.92 Å². The predicted molar refractivity (Wildman–Crippen MR) is 61.9 cm³/mol. The van der Waals surface area contributed by atoms with Crippen molar-refractivity contribution in [3.63, 3.8) is 0 Å². The van der Waals surface area contributed by atoms with Gasteiger partial charge in [0.25, 0.3) is 0 Å². The summed E-state index contributed by atoms with van der Waals surface area (Å²) in [5.74, 6) is -1.08. The Morgan fingerprint density at radius 1 is 1.50 bits per heavy atom. The van der Waals surface area contributed by atoms with E-state index in [0.717, 1.165) is 0 Å². The second-order valence-corrected chi connectivity index (χ2v) is 4.46. The highest BCUT2D eigenvalue weighted by atomic mass is 16.4. The summed E-state index contributed by atoms with van der Waals surface area (Å²) >= 11 is 0. The molecule has 0 radical (unpaired) electrons. The van der Waals surface area contributed by atoms with Gasteiger partial charge in [-0.1, -0.05) is 6.92 Å². The van der Waals surface area contributed by atoms with E-state index in [1.54, 1.807) is 7.05 Å². The fraction of sp³-hybridized carbons (Fsp3) is 0.600. The highest BCUT2D eigenvalue weighted by Gasteiger charge is 2.37. The van der Waals surface area contributed by atoms with Gasteiger partial charge in [-0.25, -0.2) is 9.48 Å². The first-order valence-electron chi connectivity index (χ1n) is 5.61. The minimum Gasteiger partial charge on any atom is -0.481 e. The van der Waals surface area contributed by atoms with E-state index in [0.29, 0.717) is 12.5 Å². The van der Waals surface area contributed by atoms with Crippen LogP contribution >= 0.6 is 0 Å². The van der Waals surface area contributed by atoms with Crippen molar-refractivity contribution in [2.45, 2.75) is 6.92 Å². The number of nitrogens with zero attached hydrogens (tertiary/aromatic N) is 4. The Hall–Kier alpha value is -2.12. The lowest BCUT2D eigenvalue weighted by Gasteiger charge is -2.15. The van der Waals surface area contributed by atoms with E-state index in [1.165, 1.54) is 15.9 Å². The maximum absolute atomic E-state index is 11.9. The lowest BCUT2D eigenvalue weighted by Crippen LogP contribution is -2.34. The molecule has 1 fully saturated rings. The highest BCUT2D eigenvalue weighted by Crippen LogP contribution is 2.23. The van der Waals surface area contributed by atoms with Gasteiger partial charge >= 0.3 is 12.0 Å². The number of likely N-dealkylation sites (tertiary alicyclic amines) is 1. The summed E-state index contributed by atoms with van der Waals surface area (Å²) in [5, 5.41) is 15.4. The van der Waals surface area contributed by atoms with Crippen molar-refractivity contribution in [3.05, 3.63) is 6.33 Å². The Morgan fingerprint density at radius 2 is 2.22 bits per heavy atom. The van der Waals surface area contributed by atoms with Crippen LogP contribution in [0.1, 0.15) is 6.92 Å². The molecule has 8 heteroatoms. The Labute approximate surface area is 104 Å². The number of carboxylic acid groups (broad SMARTS) is 1. The number of carboxylic acids is 1. The van der Waals surface area contributed by atoms with Crippen LogP contribution in [0.25, 0.3) is 0 Å². The molecule has 1 aromatic heterocycles. The third kappa shape index (κ3) is 2.27. The fourth-order valence-corrected chi connectivity index (χ4v) is 2.04. The van der Waals surface area contributed by atoms with E-state index in [2.05, 4.69) is 15.4 Å². The SMILES string of the molecule is C[C@@H]1CN(C(=O)Nc2ncnn2C)C[C@H]1C(=O)O. The van der Waals surface area contributed by atoms with Gasteiger partial charge in [0.2, 0.25) is 5.95 Å². The van der Waals surface area contributed by atoms with Crippen LogP contribution in [0.2, 0.25) is 0 Å². The van der Waals surface area contributed by atoms with Gasteiger partial charge in [-0.05, 0) is 5.92 Å². The number of hydrogen-bond donors (Lipinski definition) is 2. The molecular weight excluding hydrogens is 238 g/mol. The number of rotatable bonds is 2. The predicted octanol–water partition coefficient (Wildman–Crippen LogP) is -0.000500. The lowest BCUT2D eigenvalue weighted by atomic mass is 9.99. The average molecular weight is 253 g/mol. The molecule has 8 nitrogen and oxygen atoms in total. The van der Waals surface area contributed by atoms with Crippen LogP contribution < -0.4 is 5.32 Å². The molecule has 0 saturated carbocycles. The third-order valence-corrected chi connectivity index (χ3v) is 3.15. The van der Waals surface area contributed by atoms with Crippen molar-refractivity contribution in [2.75, 3.05) is 18.4 Å². The first-order chi connectivity index (χ1) is 8.49. The van der Waals surface area contributed by atoms with E-state index >= 15 is 0 Å². The third-order valence-electron chi connectivity index (χ3n) is 3.15. The molecule has 0 aliphatic carbocycles. The summed E-state index contributed by atoms with van der Waals surface area (Å²) < 4.78 is 1.44. The molecule has 1 aliphatic heterocycles. The number of anilines is 1. The van der Waals surface area contributed by atoms with E-state index in [-0.39, 0.29) is 18.5 Å². The number of urea groups is 1. The zero-order valence-electron chi connectivity index (χ0n) is 10.2. The quantitative estimate of drug-likeness (QED) is 0.772. The normalized spacial score (nSPS) is 23.1. The van der Waals surface area contributed by atoms with Crippen molar-refractivity contribution < 1.29 is 14.7 Å². The number of hydrogen-bond acceptors (Lipinski definition) is 4. The molecule has 18 heavy (non-hydrogen) atoms. The molecule has 0 aromatic carbocycles. The minimum absolute atomic E-state index is 0.0484. The van der Waals surface area contributed by atoms with Crippen molar-refractivity contribution in [3.8, 4) is 0 Å². The molecule has 0 unspecified atom stereocenters. The first kappa shape index (κ1) is 12.3. The van der Waals surface area contributed by atoms with Gasteiger partial charge in [-0.3, -0.25) is 10.1 Å². The van der Waals surface area contributed by atoms with Gasteiger partial charge < -0.3 is 10.0 Å². The summed E-state index contributed by atoms with van der Waals surface area (Å²) in [6, 6.07) is -0.346. The van der Waals surface area contributed by atoms with Crippen LogP contribution in [0.15, 0.2) is 6.33 Å². The zero-order valence-corrected chi connectivity index (χ0v) is 10.2. The Balaban J connectivity index is 1.99. The molecule has 1 saturated heterocycles. The van der Waals surface area contributed by atoms with Crippen molar-refractivity contribution in [1.29, 1.82) is 0 Å². The molecular formula is C10H15N5O3. The van der Waals surface area contributed by atoms with Crippen LogP contribution in [0.5, 0.6) is 0 Å². The van der Waals surface area contributed by atoms with E-state index in [4.69, 9.17) is 5.11 Å². The number of nitrogens with one attached hydrogen (secondary N) is 1. The topological polar surface area (TPSA) is 100 Å².